The van der Waals surface area contributed by atoms with Crippen LogP contribution in [0.4, 0.5) is 0 Å². The van der Waals surface area contributed by atoms with Gasteiger partial charge >= 0.3 is 0 Å². The molecule has 7 nitrogen and oxygen atoms in total. The van der Waals surface area contributed by atoms with Crippen LogP contribution in [0, 0.1) is 0 Å². The van der Waals surface area contributed by atoms with E-state index in [1.54, 1.807) is 15.8 Å². The lowest BCUT2D eigenvalue weighted by molar-refractivity contribution is -0.135. The minimum Gasteiger partial charge on any atom is -0.492 e. The number of hydrogen-bond acceptors (Lipinski definition) is 5. The monoisotopic (exact) mass is 375 g/mol. The maximum atomic E-state index is 13.3. The SMILES string of the molecule is CCn1cc([C@H]2CS(=O)(=O)CCN2C(=O)[C@H]2COc3ccccc32)cn1. The summed E-state index contributed by atoms with van der Waals surface area (Å²) in [6.07, 6.45) is 3.49. The van der Waals surface area contributed by atoms with Gasteiger partial charge in [-0.3, -0.25) is 9.48 Å². The average Bonchev–Trinajstić information content (AvgIpc) is 3.27. The van der Waals surface area contributed by atoms with Crippen molar-refractivity contribution in [3.8, 4) is 5.75 Å². The first kappa shape index (κ1) is 17.1. The number of hydrogen-bond donors (Lipinski definition) is 0. The molecule has 0 bridgehead atoms. The third-order valence-electron chi connectivity index (χ3n) is 5.07. The van der Waals surface area contributed by atoms with Gasteiger partial charge in [0, 0.05) is 30.4 Å². The Bertz CT molecular complexity index is 937. The number of nitrogens with zero attached hydrogens (tertiary/aromatic N) is 3. The highest BCUT2D eigenvalue weighted by Crippen LogP contribution is 2.37. The zero-order chi connectivity index (χ0) is 18.3. The minimum absolute atomic E-state index is 0.00756. The topological polar surface area (TPSA) is 81.5 Å². The summed E-state index contributed by atoms with van der Waals surface area (Å²) in [6.45, 7) is 3.14. The molecule has 2 aliphatic rings. The molecule has 2 aromatic rings. The standard InChI is InChI=1S/C18H21N3O4S/c1-2-20-10-13(9-19-20)16-12-26(23,24)8-7-21(16)18(22)15-11-25-17-6-4-3-5-14(15)17/h3-6,9-10,15-16H,2,7-8,11-12H2,1H3/t15-,16+/m0/s1. The number of rotatable bonds is 3. The van der Waals surface area contributed by atoms with Crippen molar-refractivity contribution in [2.24, 2.45) is 0 Å². The lowest BCUT2D eigenvalue weighted by Crippen LogP contribution is -2.48. The lowest BCUT2D eigenvalue weighted by Gasteiger charge is -2.36. The number of carbonyl (C=O) groups is 1. The van der Waals surface area contributed by atoms with E-state index in [1.165, 1.54) is 0 Å². The Morgan fingerprint density at radius 1 is 1.35 bits per heavy atom. The van der Waals surface area contributed by atoms with E-state index in [4.69, 9.17) is 4.74 Å². The largest absolute Gasteiger partial charge is 0.492 e. The molecule has 1 saturated heterocycles. The second-order valence-electron chi connectivity index (χ2n) is 6.69. The van der Waals surface area contributed by atoms with E-state index < -0.39 is 21.8 Å². The Kier molecular flexibility index (Phi) is 4.22. The Labute approximate surface area is 152 Å². The fraction of sp³-hybridized carbons (Fsp3) is 0.444. The van der Waals surface area contributed by atoms with Crippen LogP contribution < -0.4 is 4.74 Å². The van der Waals surface area contributed by atoms with Crippen LogP contribution in [0.2, 0.25) is 0 Å². The van der Waals surface area contributed by atoms with Crippen molar-refractivity contribution < 1.29 is 17.9 Å². The van der Waals surface area contributed by atoms with Gasteiger partial charge in [-0.1, -0.05) is 18.2 Å². The van der Waals surface area contributed by atoms with E-state index in [2.05, 4.69) is 5.10 Å². The van der Waals surface area contributed by atoms with Crippen molar-refractivity contribution in [2.45, 2.75) is 25.4 Å². The average molecular weight is 375 g/mol. The Hall–Kier alpha value is -2.35. The van der Waals surface area contributed by atoms with Gasteiger partial charge in [0.2, 0.25) is 5.91 Å². The predicted octanol–water partition coefficient (Wildman–Crippen LogP) is 1.38. The summed E-state index contributed by atoms with van der Waals surface area (Å²) in [4.78, 5) is 14.9. The summed E-state index contributed by atoms with van der Waals surface area (Å²) in [7, 11) is -3.19. The highest BCUT2D eigenvalue weighted by molar-refractivity contribution is 7.91. The molecule has 0 saturated carbocycles. The van der Waals surface area contributed by atoms with Crippen LogP contribution in [0.15, 0.2) is 36.7 Å². The van der Waals surface area contributed by atoms with Gasteiger partial charge < -0.3 is 9.64 Å². The normalized spacial score (nSPS) is 24.1. The van der Waals surface area contributed by atoms with Gasteiger partial charge in [0.15, 0.2) is 9.84 Å². The number of sulfone groups is 1. The van der Waals surface area contributed by atoms with Crippen molar-refractivity contribution in [3.05, 3.63) is 47.8 Å². The molecule has 1 aromatic heterocycles. The maximum absolute atomic E-state index is 13.3. The third-order valence-corrected chi connectivity index (χ3v) is 6.70. The molecule has 2 aliphatic heterocycles. The molecular formula is C18H21N3O4S. The van der Waals surface area contributed by atoms with Crippen LogP contribution in [-0.4, -0.2) is 53.7 Å². The molecule has 138 valence electrons. The summed E-state index contributed by atoms with van der Waals surface area (Å²) in [5.41, 5.74) is 1.63. The highest BCUT2D eigenvalue weighted by atomic mass is 32.2. The van der Waals surface area contributed by atoms with Crippen molar-refractivity contribution in [1.82, 2.24) is 14.7 Å². The van der Waals surface area contributed by atoms with Crippen LogP contribution in [-0.2, 0) is 21.2 Å². The smallest absolute Gasteiger partial charge is 0.234 e. The molecule has 4 rings (SSSR count). The van der Waals surface area contributed by atoms with Crippen LogP contribution in [0.5, 0.6) is 5.75 Å². The van der Waals surface area contributed by atoms with Gasteiger partial charge in [0.25, 0.3) is 0 Å². The van der Waals surface area contributed by atoms with Crippen molar-refractivity contribution >= 4 is 15.7 Å². The quantitative estimate of drug-likeness (QED) is 0.809. The van der Waals surface area contributed by atoms with Gasteiger partial charge in [-0.15, -0.1) is 0 Å². The van der Waals surface area contributed by atoms with Crippen LogP contribution >= 0.6 is 0 Å². The van der Waals surface area contributed by atoms with Gasteiger partial charge in [0.1, 0.15) is 18.3 Å². The molecule has 26 heavy (non-hydrogen) atoms. The number of para-hydroxylation sites is 1. The van der Waals surface area contributed by atoms with Crippen molar-refractivity contribution in [3.63, 3.8) is 0 Å². The Morgan fingerprint density at radius 2 is 2.15 bits per heavy atom. The zero-order valence-corrected chi connectivity index (χ0v) is 15.4. The van der Waals surface area contributed by atoms with Crippen LogP contribution in [0.3, 0.4) is 0 Å². The molecule has 8 heteroatoms. The van der Waals surface area contributed by atoms with Crippen LogP contribution in [0.1, 0.15) is 30.0 Å². The van der Waals surface area contributed by atoms with E-state index in [0.717, 1.165) is 16.9 Å². The van der Waals surface area contributed by atoms with Crippen molar-refractivity contribution in [1.29, 1.82) is 0 Å². The molecule has 0 spiro atoms. The number of amides is 1. The lowest BCUT2D eigenvalue weighted by atomic mass is 9.98. The molecule has 2 atom stereocenters. The summed E-state index contributed by atoms with van der Waals surface area (Å²) in [5, 5.41) is 4.24. The van der Waals surface area contributed by atoms with E-state index in [9.17, 15) is 13.2 Å². The number of ether oxygens (including phenoxy) is 1. The van der Waals surface area contributed by atoms with Gasteiger partial charge in [-0.25, -0.2) is 8.42 Å². The van der Waals surface area contributed by atoms with E-state index in [1.807, 2.05) is 37.4 Å². The Morgan fingerprint density at radius 3 is 2.92 bits per heavy atom. The van der Waals surface area contributed by atoms with Crippen molar-refractivity contribution in [2.75, 3.05) is 24.7 Å². The van der Waals surface area contributed by atoms with E-state index in [0.29, 0.717) is 13.2 Å². The number of aromatic nitrogens is 2. The number of carbonyl (C=O) groups excluding carboxylic acids is 1. The minimum atomic E-state index is -3.19. The summed E-state index contributed by atoms with van der Waals surface area (Å²) in [5.74, 6) is 0.177. The fourth-order valence-corrected chi connectivity index (χ4v) is 5.13. The second-order valence-corrected chi connectivity index (χ2v) is 8.92. The highest BCUT2D eigenvalue weighted by Gasteiger charge is 2.41. The predicted molar refractivity (Wildman–Crippen MR) is 95.7 cm³/mol. The molecule has 0 aliphatic carbocycles. The zero-order valence-electron chi connectivity index (χ0n) is 14.5. The van der Waals surface area contributed by atoms with Crippen LogP contribution in [0.25, 0.3) is 0 Å². The summed E-state index contributed by atoms with van der Waals surface area (Å²) < 4.78 is 31.8. The first-order chi connectivity index (χ1) is 12.5. The number of benzene rings is 1. The number of aryl methyl sites for hydroxylation is 1. The molecule has 1 aromatic carbocycles. The molecular weight excluding hydrogens is 354 g/mol. The molecule has 1 fully saturated rings. The fourth-order valence-electron chi connectivity index (χ4n) is 3.64. The molecule has 0 radical (unpaired) electrons. The van der Waals surface area contributed by atoms with Gasteiger partial charge in [0.05, 0.1) is 23.7 Å². The second kappa shape index (κ2) is 6.42. The Balaban J connectivity index is 1.66. The molecule has 3 heterocycles. The maximum Gasteiger partial charge on any atom is 0.234 e. The third kappa shape index (κ3) is 2.98. The summed E-state index contributed by atoms with van der Waals surface area (Å²) in [6, 6.07) is 7.01. The van der Waals surface area contributed by atoms with Gasteiger partial charge in [-0.2, -0.15) is 5.10 Å². The molecule has 0 unspecified atom stereocenters. The number of fused-ring (bicyclic) bond motifs is 1. The molecule has 1 amide bonds. The molecule has 0 N–H and O–H groups in total. The first-order valence-corrected chi connectivity index (χ1v) is 10.6. The van der Waals surface area contributed by atoms with E-state index >= 15 is 0 Å². The summed E-state index contributed by atoms with van der Waals surface area (Å²) >= 11 is 0. The van der Waals surface area contributed by atoms with E-state index in [-0.39, 0.29) is 24.0 Å². The first-order valence-electron chi connectivity index (χ1n) is 8.73. The van der Waals surface area contributed by atoms with Gasteiger partial charge in [-0.05, 0) is 13.0 Å².